The van der Waals surface area contributed by atoms with Crippen molar-refractivity contribution in [3.8, 4) is 5.69 Å². The molecule has 0 atom stereocenters. The van der Waals surface area contributed by atoms with Crippen LogP contribution in [0.25, 0.3) is 16.7 Å². The van der Waals surface area contributed by atoms with Crippen molar-refractivity contribution in [2.24, 2.45) is 0 Å². The van der Waals surface area contributed by atoms with E-state index in [0.29, 0.717) is 29.4 Å². The van der Waals surface area contributed by atoms with Crippen molar-refractivity contribution in [3.05, 3.63) is 69.9 Å². The van der Waals surface area contributed by atoms with E-state index in [1.54, 1.807) is 10.9 Å². The second-order valence-corrected chi connectivity index (χ2v) is 8.51. The number of nitrogens with zero attached hydrogens (tertiary/aromatic N) is 5. The topological polar surface area (TPSA) is 89.7 Å². The molecule has 1 aliphatic carbocycles. The maximum Gasteiger partial charge on any atom is 0.278 e. The molecule has 162 valence electrons. The molecule has 6 rings (SSSR count). The molecule has 0 amide bonds. The second kappa shape index (κ2) is 7.56. The van der Waals surface area contributed by atoms with E-state index < -0.39 is 0 Å². The Labute approximate surface area is 185 Å². The van der Waals surface area contributed by atoms with E-state index in [1.807, 2.05) is 23.9 Å². The molecule has 2 N–H and O–H groups in total. The largest absolute Gasteiger partial charge is 0.324 e. The highest BCUT2D eigenvalue weighted by Crippen LogP contribution is 2.39. The summed E-state index contributed by atoms with van der Waals surface area (Å²) >= 11 is 0. The number of hydrogen-bond donors (Lipinski definition) is 2. The number of nitrogens with one attached hydrogen (secondary N) is 2. The minimum absolute atomic E-state index is 0.0832. The first-order valence-electron chi connectivity index (χ1n) is 11.3. The van der Waals surface area contributed by atoms with Crippen LogP contribution in [0.3, 0.4) is 0 Å². The summed E-state index contributed by atoms with van der Waals surface area (Å²) in [5, 5.41) is 7.24. The summed E-state index contributed by atoms with van der Waals surface area (Å²) in [6.45, 7) is 4.40. The highest BCUT2D eigenvalue weighted by atomic mass is 16.1. The second-order valence-electron chi connectivity index (χ2n) is 8.51. The lowest BCUT2D eigenvalue weighted by molar-refractivity contribution is 0.574. The van der Waals surface area contributed by atoms with Crippen LogP contribution < -0.4 is 16.2 Å². The smallest absolute Gasteiger partial charge is 0.278 e. The molecule has 1 saturated carbocycles. The average molecular weight is 428 g/mol. The molecule has 0 saturated heterocycles. The first-order chi connectivity index (χ1) is 15.7. The predicted molar refractivity (Wildman–Crippen MR) is 124 cm³/mol. The molecule has 8 heteroatoms. The monoisotopic (exact) mass is 427 g/mol. The van der Waals surface area contributed by atoms with Gasteiger partial charge in [0.25, 0.3) is 5.56 Å². The number of benzene rings is 1. The normalized spacial score (nSPS) is 15.7. The van der Waals surface area contributed by atoms with Gasteiger partial charge in [-0.05, 0) is 68.1 Å². The Morgan fingerprint density at radius 1 is 1.16 bits per heavy atom. The third-order valence-corrected chi connectivity index (χ3v) is 6.33. The Morgan fingerprint density at radius 2 is 2.06 bits per heavy atom. The lowest BCUT2D eigenvalue weighted by Crippen LogP contribution is -2.23. The third-order valence-electron chi connectivity index (χ3n) is 6.33. The number of anilines is 2. The van der Waals surface area contributed by atoms with Gasteiger partial charge in [-0.3, -0.25) is 9.78 Å². The standard InChI is InChI=1S/C24H25N7O/c1-2-30-23(32)20-14-27-24(28-18-6-5-17-13-25-9-7-16(17)11-18)29-22(20)31(30)19-8-10-26-21(12-19)15-3-4-15/h5-6,8,10-12,14-15,25H,2-4,7,9,13H2,1H3,(H,27,28,29). The Balaban J connectivity index is 1.43. The molecule has 0 unspecified atom stereocenters. The summed E-state index contributed by atoms with van der Waals surface area (Å²) in [6.07, 6.45) is 6.81. The van der Waals surface area contributed by atoms with Crippen LogP contribution in [0, 0.1) is 0 Å². The van der Waals surface area contributed by atoms with Crippen LogP contribution in [0.4, 0.5) is 11.6 Å². The van der Waals surface area contributed by atoms with E-state index in [0.717, 1.165) is 36.6 Å². The quantitative estimate of drug-likeness (QED) is 0.508. The molecule has 4 aromatic rings. The van der Waals surface area contributed by atoms with Crippen LogP contribution in [-0.2, 0) is 19.5 Å². The summed E-state index contributed by atoms with van der Waals surface area (Å²) in [4.78, 5) is 26.8. The van der Waals surface area contributed by atoms with E-state index in [-0.39, 0.29) is 5.56 Å². The molecule has 0 bridgehead atoms. The Bertz CT molecular complexity index is 1380. The van der Waals surface area contributed by atoms with Crippen molar-refractivity contribution >= 4 is 22.7 Å². The van der Waals surface area contributed by atoms with Gasteiger partial charge >= 0.3 is 0 Å². The fourth-order valence-corrected chi connectivity index (χ4v) is 4.49. The van der Waals surface area contributed by atoms with Gasteiger partial charge in [0.2, 0.25) is 5.95 Å². The SMILES string of the molecule is CCn1c(=O)c2cnc(Nc3ccc4c(c3)CCNC4)nc2n1-c1ccnc(C2CC2)c1. The van der Waals surface area contributed by atoms with Gasteiger partial charge in [0.15, 0.2) is 5.65 Å². The summed E-state index contributed by atoms with van der Waals surface area (Å²) in [6, 6.07) is 10.4. The van der Waals surface area contributed by atoms with Crippen molar-refractivity contribution < 1.29 is 0 Å². The van der Waals surface area contributed by atoms with E-state index in [2.05, 4.69) is 44.9 Å². The minimum atomic E-state index is -0.0832. The van der Waals surface area contributed by atoms with E-state index >= 15 is 0 Å². The molecule has 1 fully saturated rings. The molecule has 1 aliphatic heterocycles. The maximum atomic E-state index is 13.0. The molecule has 2 aliphatic rings. The molecular formula is C24H25N7O. The Morgan fingerprint density at radius 3 is 2.91 bits per heavy atom. The molecule has 1 aromatic carbocycles. The van der Waals surface area contributed by atoms with Crippen molar-refractivity contribution in [3.63, 3.8) is 0 Å². The Kier molecular flexibility index (Phi) is 4.53. The molecule has 3 aromatic heterocycles. The number of pyridine rings is 1. The van der Waals surface area contributed by atoms with Crippen LogP contribution in [-0.4, -0.2) is 30.9 Å². The van der Waals surface area contributed by atoms with Gasteiger partial charge in [0, 0.05) is 42.8 Å². The highest BCUT2D eigenvalue weighted by molar-refractivity contribution is 5.77. The van der Waals surface area contributed by atoms with Crippen molar-refractivity contribution in [1.82, 2.24) is 29.6 Å². The molecule has 0 radical (unpaired) electrons. The lowest BCUT2D eigenvalue weighted by Gasteiger charge is -2.18. The van der Waals surface area contributed by atoms with Gasteiger partial charge < -0.3 is 10.6 Å². The summed E-state index contributed by atoms with van der Waals surface area (Å²) in [7, 11) is 0. The molecule has 4 heterocycles. The van der Waals surface area contributed by atoms with Gasteiger partial charge in [-0.15, -0.1) is 0 Å². The van der Waals surface area contributed by atoms with E-state index in [4.69, 9.17) is 4.98 Å². The van der Waals surface area contributed by atoms with Crippen molar-refractivity contribution in [2.45, 2.75) is 45.2 Å². The fraction of sp³-hybridized carbons (Fsp3) is 0.333. The fourth-order valence-electron chi connectivity index (χ4n) is 4.49. The first-order valence-corrected chi connectivity index (χ1v) is 11.3. The summed E-state index contributed by atoms with van der Waals surface area (Å²) in [5.41, 5.74) is 6.12. The molecule has 8 nitrogen and oxygen atoms in total. The van der Waals surface area contributed by atoms with Crippen molar-refractivity contribution in [2.75, 3.05) is 11.9 Å². The van der Waals surface area contributed by atoms with Gasteiger partial charge in [0.1, 0.15) is 5.39 Å². The molecule has 0 spiro atoms. The highest BCUT2D eigenvalue weighted by Gasteiger charge is 2.26. The van der Waals surface area contributed by atoms with Crippen LogP contribution in [0.1, 0.15) is 42.5 Å². The lowest BCUT2D eigenvalue weighted by atomic mass is 10.0. The zero-order chi connectivity index (χ0) is 21.7. The first kappa shape index (κ1) is 19.2. The zero-order valence-corrected chi connectivity index (χ0v) is 18.0. The Hall–Kier alpha value is -3.52. The molecule has 32 heavy (non-hydrogen) atoms. The minimum Gasteiger partial charge on any atom is -0.324 e. The van der Waals surface area contributed by atoms with Crippen molar-refractivity contribution in [1.29, 1.82) is 0 Å². The summed E-state index contributed by atoms with van der Waals surface area (Å²) in [5.74, 6) is 1.01. The number of fused-ring (bicyclic) bond motifs is 2. The van der Waals surface area contributed by atoms with Crippen LogP contribution in [0.15, 0.2) is 47.5 Å². The van der Waals surface area contributed by atoms with Gasteiger partial charge in [-0.25, -0.2) is 14.3 Å². The van der Waals surface area contributed by atoms with Crippen LogP contribution in [0.2, 0.25) is 0 Å². The number of hydrogen-bond acceptors (Lipinski definition) is 6. The predicted octanol–water partition coefficient (Wildman–Crippen LogP) is 3.26. The van der Waals surface area contributed by atoms with Gasteiger partial charge in [-0.1, -0.05) is 6.07 Å². The summed E-state index contributed by atoms with van der Waals surface area (Å²) < 4.78 is 3.61. The van der Waals surface area contributed by atoms with Gasteiger partial charge in [0.05, 0.1) is 5.69 Å². The maximum absolute atomic E-state index is 13.0. The molecular weight excluding hydrogens is 402 g/mol. The zero-order valence-electron chi connectivity index (χ0n) is 18.0. The van der Waals surface area contributed by atoms with Gasteiger partial charge in [-0.2, -0.15) is 4.98 Å². The van der Waals surface area contributed by atoms with Crippen LogP contribution in [0.5, 0.6) is 0 Å². The average Bonchev–Trinajstić information content (AvgIpc) is 3.64. The van der Waals surface area contributed by atoms with E-state index in [1.165, 1.54) is 24.0 Å². The van der Waals surface area contributed by atoms with E-state index in [9.17, 15) is 4.79 Å². The van der Waals surface area contributed by atoms with Crippen LogP contribution >= 0.6 is 0 Å². The number of aromatic nitrogens is 5. The third kappa shape index (κ3) is 3.27. The number of rotatable bonds is 5.